The summed E-state index contributed by atoms with van der Waals surface area (Å²) in [6.45, 7) is 2.68. The van der Waals surface area contributed by atoms with E-state index in [4.69, 9.17) is 11.5 Å². The van der Waals surface area contributed by atoms with Gasteiger partial charge >= 0.3 is 0 Å². The molecule has 0 unspecified atom stereocenters. The average molecular weight is 233 g/mol. The standard InChI is InChI=1S/C13H19N3O/c14-12-5-3-10(4-6-12)8-16-7-1-2-11(9-16)13(15)17/h3-6,11H,1-2,7-9,14H2,(H2,15,17)/t11-/m1/s1. The van der Waals surface area contributed by atoms with Gasteiger partial charge in [-0.2, -0.15) is 0 Å². The fourth-order valence-electron chi connectivity index (χ4n) is 2.31. The van der Waals surface area contributed by atoms with Crippen LogP contribution in [0.2, 0.25) is 0 Å². The fourth-order valence-corrected chi connectivity index (χ4v) is 2.31. The van der Waals surface area contributed by atoms with Gasteiger partial charge in [-0.3, -0.25) is 9.69 Å². The Morgan fingerprint density at radius 3 is 2.71 bits per heavy atom. The molecule has 17 heavy (non-hydrogen) atoms. The van der Waals surface area contributed by atoms with E-state index >= 15 is 0 Å². The zero-order valence-corrected chi connectivity index (χ0v) is 9.93. The number of carbonyl (C=O) groups is 1. The topological polar surface area (TPSA) is 72.4 Å². The first kappa shape index (κ1) is 11.9. The van der Waals surface area contributed by atoms with Crippen LogP contribution < -0.4 is 11.5 Å². The molecule has 1 aliphatic rings. The lowest BCUT2D eigenvalue weighted by molar-refractivity contribution is -0.123. The van der Waals surface area contributed by atoms with E-state index in [9.17, 15) is 4.79 Å². The number of hydrogen-bond donors (Lipinski definition) is 2. The molecular formula is C13H19N3O. The molecule has 1 aromatic carbocycles. The number of rotatable bonds is 3. The molecule has 1 amide bonds. The second-order valence-electron chi connectivity index (χ2n) is 4.72. The lowest BCUT2D eigenvalue weighted by Crippen LogP contribution is -2.40. The third-order valence-electron chi connectivity index (χ3n) is 3.29. The van der Waals surface area contributed by atoms with Crippen molar-refractivity contribution in [2.45, 2.75) is 19.4 Å². The molecule has 92 valence electrons. The number of likely N-dealkylation sites (tertiary alicyclic amines) is 1. The molecule has 4 heteroatoms. The Morgan fingerprint density at radius 2 is 2.06 bits per heavy atom. The van der Waals surface area contributed by atoms with Gasteiger partial charge in [0.15, 0.2) is 0 Å². The number of carbonyl (C=O) groups excluding carboxylic acids is 1. The Labute approximate surface area is 102 Å². The first-order valence-electron chi connectivity index (χ1n) is 6.01. The van der Waals surface area contributed by atoms with Gasteiger partial charge in [0, 0.05) is 18.8 Å². The van der Waals surface area contributed by atoms with Crippen LogP contribution in [0.1, 0.15) is 18.4 Å². The van der Waals surface area contributed by atoms with Gasteiger partial charge in [-0.15, -0.1) is 0 Å². The van der Waals surface area contributed by atoms with Gasteiger partial charge in [0.25, 0.3) is 0 Å². The van der Waals surface area contributed by atoms with Gasteiger partial charge in [0.05, 0.1) is 5.92 Å². The smallest absolute Gasteiger partial charge is 0.221 e. The van der Waals surface area contributed by atoms with E-state index in [1.54, 1.807) is 0 Å². The van der Waals surface area contributed by atoms with Gasteiger partial charge in [-0.05, 0) is 37.1 Å². The number of benzene rings is 1. The molecule has 1 fully saturated rings. The van der Waals surface area contributed by atoms with Crippen LogP contribution in [-0.2, 0) is 11.3 Å². The van der Waals surface area contributed by atoms with E-state index in [0.717, 1.165) is 38.2 Å². The highest BCUT2D eigenvalue weighted by Crippen LogP contribution is 2.18. The van der Waals surface area contributed by atoms with Crippen molar-refractivity contribution >= 4 is 11.6 Å². The van der Waals surface area contributed by atoms with Crippen LogP contribution in [0.5, 0.6) is 0 Å². The Morgan fingerprint density at radius 1 is 1.35 bits per heavy atom. The molecule has 1 atom stereocenters. The summed E-state index contributed by atoms with van der Waals surface area (Å²) < 4.78 is 0. The Bertz CT molecular complexity index is 388. The van der Waals surface area contributed by atoms with Crippen LogP contribution in [0.15, 0.2) is 24.3 Å². The van der Waals surface area contributed by atoms with E-state index in [1.165, 1.54) is 5.56 Å². The van der Waals surface area contributed by atoms with E-state index in [0.29, 0.717) is 0 Å². The van der Waals surface area contributed by atoms with Crippen molar-refractivity contribution in [2.24, 2.45) is 11.7 Å². The molecular weight excluding hydrogens is 214 g/mol. The van der Waals surface area contributed by atoms with Crippen LogP contribution in [0.25, 0.3) is 0 Å². The number of hydrogen-bond acceptors (Lipinski definition) is 3. The third kappa shape index (κ3) is 3.20. The van der Waals surface area contributed by atoms with Crippen molar-refractivity contribution in [2.75, 3.05) is 18.8 Å². The normalized spacial score (nSPS) is 21.3. The minimum Gasteiger partial charge on any atom is -0.399 e. The first-order valence-corrected chi connectivity index (χ1v) is 6.01. The second kappa shape index (κ2) is 5.19. The number of anilines is 1. The quantitative estimate of drug-likeness (QED) is 0.764. The monoisotopic (exact) mass is 233 g/mol. The van der Waals surface area contributed by atoms with E-state index in [1.807, 2.05) is 24.3 Å². The zero-order chi connectivity index (χ0) is 12.3. The van der Waals surface area contributed by atoms with Gasteiger partial charge in [0.1, 0.15) is 0 Å². The van der Waals surface area contributed by atoms with Crippen LogP contribution >= 0.6 is 0 Å². The molecule has 0 bridgehead atoms. The number of nitrogens with zero attached hydrogens (tertiary/aromatic N) is 1. The Hall–Kier alpha value is -1.55. The first-order chi connectivity index (χ1) is 8.15. The van der Waals surface area contributed by atoms with Crippen molar-refractivity contribution < 1.29 is 4.79 Å². The second-order valence-corrected chi connectivity index (χ2v) is 4.72. The predicted octanol–water partition coefficient (Wildman–Crippen LogP) is 0.966. The van der Waals surface area contributed by atoms with Crippen molar-refractivity contribution in [3.8, 4) is 0 Å². The predicted molar refractivity (Wildman–Crippen MR) is 68.0 cm³/mol. The number of nitrogens with two attached hydrogens (primary N) is 2. The van der Waals surface area contributed by atoms with Gasteiger partial charge in [0.2, 0.25) is 5.91 Å². The molecule has 0 saturated carbocycles. The van der Waals surface area contributed by atoms with Crippen molar-refractivity contribution in [1.82, 2.24) is 4.90 Å². The van der Waals surface area contributed by atoms with Crippen molar-refractivity contribution in [3.63, 3.8) is 0 Å². The molecule has 1 saturated heterocycles. The summed E-state index contributed by atoms with van der Waals surface area (Å²) in [6, 6.07) is 7.88. The van der Waals surface area contributed by atoms with Gasteiger partial charge in [-0.25, -0.2) is 0 Å². The number of nitrogen functional groups attached to an aromatic ring is 1. The summed E-state index contributed by atoms with van der Waals surface area (Å²) in [5.41, 5.74) is 13.0. The van der Waals surface area contributed by atoms with E-state index in [-0.39, 0.29) is 11.8 Å². The molecule has 0 spiro atoms. The summed E-state index contributed by atoms with van der Waals surface area (Å²) in [4.78, 5) is 13.5. The average Bonchev–Trinajstić information content (AvgIpc) is 2.32. The molecule has 0 aromatic heterocycles. The molecule has 4 N–H and O–H groups in total. The van der Waals surface area contributed by atoms with Crippen LogP contribution in [-0.4, -0.2) is 23.9 Å². The molecule has 0 radical (unpaired) electrons. The molecule has 4 nitrogen and oxygen atoms in total. The minimum absolute atomic E-state index is 0.0116. The summed E-state index contributed by atoms with van der Waals surface area (Å²) in [5.74, 6) is -0.162. The fraction of sp³-hybridized carbons (Fsp3) is 0.462. The van der Waals surface area contributed by atoms with E-state index < -0.39 is 0 Å². The lowest BCUT2D eigenvalue weighted by Gasteiger charge is -2.31. The van der Waals surface area contributed by atoms with Crippen LogP contribution in [0, 0.1) is 5.92 Å². The summed E-state index contributed by atoms with van der Waals surface area (Å²) in [7, 11) is 0. The molecule has 1 aromatic rings. The summed E-state index contributed by atoms with van der Waals surface area (Å²) in [6.07, 6.45) is 1.97. The van der Waals surface area contributed by atoms with Crippen LogP contribution in [0.4, 0.5) is 5.69 Å². The summed E-state index contributed by atoms with van der Waals surface area (Å²) in [5, 5.41) is 0. The number of amides is 1. The molecule has 1 aliphatic heterocycles. The highest BCUT2D eigenvalue weighted by Gasteiger charge is 2.23. The van der Waals surface area contributed by atoms with Gasteiger partial charge < -0.3 is 11.5 Å². The number of primary amides is 1. The van der Waals surface area contributed by atoms with Crippen LogP contribution in [0.3, 0.4) is 0 Å². The zero-order valence-electron chi connectivity index (χ0n) is 9.93. The highest BCUT2D eigenvalue weighted by molar-refractivity contribution is 5.76. The largest absolute Gasteiger partial charge is 0.399 e. The Kier molecular flexibility index (Phi) is 3.64. The minimum atomic E-state index is -0.174. The maximum Gasteiger partial charge on any atom is 0.221 e. The lowest BCUT2D eigenvalue weighted by atomic mass is 9.97. The maximum atomic E-state index is 11.2. The Balaban J connectivity index is 1.94. The number of piperidine rings is 1. The molecule has 2 rings (SSSR count). The SMILES string of the molecule is NC(=O)[C@@H]1CCCN(Cc2ccc(N)cc2)C1. The molecule has 0 aliphatic carbocycles. The highest BCUT2D eigenvalue weighted by atomic mass is 16.1. The third-order valence-corrected chi connectivity index (χ3v) is 3.29. The molecule has 1 heterocycles. The van der Waals surface area contributed by atoms with Gasteiger partial charge in [-0.1, -0.05) is 12.1 Å². The van der Waals surface area contributed by atoms with Crippen molar-refractivity contribution in [3.05, 3.63) is 29.8 Å². The summed E-state index contributed by atoms with van der Waals surface area (Å²) >= 11 is 0. The maximum absolute atomic E-state index is 11.2. The van der Waals surface area contributed by atoms with Crippen molar-refractivity contribution in [1.29, 1.82) is 0 Å². The van der Waals surface area contributed by atoms with E-state index in [2.05, 4.69) is 4.90 Å².